The van der Waals surface area contributed by atoms with Crippen LogP contribution in [0, 0.1) is 23.7 Å². The van der Waals surface area contributed by atoms with E-state index in [0.717, 1.165) is 16.7 Å². The average molecular weight is 333 g/mol. The molecule has 2 heteroatoms. The van der Waals surface area contributed by atoms with Gasteiger partial charge in [0.15, 0.2) is 0 Å². The number of hydrogen-bond acceptors (Lipinski definition) is 2. The highest BCUT2D eigenvalue weighted by Crippen LogP contribution is 2.42. The third-order valence-electron chi connectivity index (χ3n) is 5.64. The van der Waals surface area contributed by atoms with Crippen LogP contribution >= 0.6 is 0 Å². The molecule has 0 aromatic heterocycles. The third-order valence-corrected chi connectivity index (χ3v) is 5.64. The predicted octanol–water partition coefficient (Wildman–Crippen LogP) is 5.33. The SMILES string of the molecule is C=Cc1cc(C(O)(C(C)C)C(C)C)cc(C(O)(C(C)C)C(C)C)c1. The maximum Gasteiger partial charge on any atom is 0.0942 e. The van der Waals surface area contributed by atoms with Crippen LogP contribution in [0.3, 0.4) is 0 Å². The van der Waals surface area contributed by atoms with Gasteiger partial charge in [-0.15, -0.1) is 0 Å². The highest BCUT2D eigenvalue weighted by molar-refractivity contribution is 5.52. The molecule has 0 aliphatic heterocycles. The molecule has 0 atom stereocenters. The lowest BCUT2D eigenvalue weighted by Crippen LogP contribution is -2.40. The Morgan fingerprint density at radius 3 is 1.21 bits per heavy atom. The zero-order chi connectivity index (χ0) is 18.9. The highest BCUT2D eigenvalue weighted by atomic mass is 16.3. The Kier molecular flexibility index (Phi) is 6.46. The van der Waals surface area contributed by atoms with Crippen LogP contribution in [0.4, 0.5) is 0 Å². The van der Waals surface area contributed by atoms with Crippen LogP contribution in [0.15, 0.2) is 24.8 Å². The van der Waals surface area contributed by atoms with Crippen LogP contribution in [-0.2, 0) is 11.2 Å². The van der Waals surface area contributed by atoms with Gasteiger partial charge in [0.25, 0.3) is 0 Å². The summed E-state index contributed by atoms with van der Waals surface area (Å²) in [4.78, 5) is 0. The van der Waals surface area contributed by atoms with Crippen molar-refractivity contribution in [2.75, 3.05) is 0 Å². The van der Waals surface area contributed by atoms with Gasteiger partial charge in [0, 0.05) is 0 Å². The van der Waals surface area contributed by atoms with Crippen molar-refractivity contribution in [1.29, 1.82) is 0 Å². The summed E-state index contributed by atoms with van der Waals surface area (Å²) in [7, 11) is 0. The third kappa shape index (κ3) is 3.45. The van der Waals surface area contributed by atoms with Gasteiger partial charge >= 0.3 is 0 Å². The minimum Gasteiger partial charge on any atom is -0.385 e. The van der Waals surface area contributed by atoms with Gasteiger partial charge in [-0.05, 0) is 58.6 Å². The lowest BCUT2D eigenvalue weighted by atomic mass is 9.70. The molecule has 2 N–H and O–H groups in total. The van der Waals surface area contributed by atoms with E-state index in [-0.39, 0.29) is 23.7 Å². The molecule has 0 unspecified atom stereocenters. The van der Waals surface area contributed by atoms with Gasteiger partial charge in [-0.25, -0.2) is 0 Å². The molecule has 0 heterocycles. The lowest BCUT2D eigenvalue weighted by molar-refractivity contribution is -0.0593. The van der Waals surface area contributed by atoms with E-state index in [0.29, 0.717) is 0 Å². The van der Waals surface area contributed by atoms with Gasteiger partial charge in [0.2, 0.25) is 0 Å². The number of hydrogen-bond donors (Lipinski definition) is 2. The fourth-order valence-electron chi connectivity index (χ4n) is 3.90. The van der Waals surface area contributed by atoms with E-state index in [4.69, 9.17) is 0 Å². The van der Waals surface area contributed by atoms with E-state index in [9.17, 15) is 10.2 Å². The summed E-state index contributed by atoms with van der Waals surface area (Å²) in [6.45, 7) is 20.2. The second-order valence-corrected chi connectivity index (χ2v) is 8.32. The summed E-state index contributed by atoms with van der Waals surface area (Å²) in [6, 6.07) is 5.99. The smallest absolute Gasteiger partial charge is 0.0942 e. The molecule has 0 aliphatic carbocycles. The quantitative estimate of drug-likeness (QED) is 0.708. The van der Waals surface area contributed by atoms with Gasteiger partial charge < -0.3 is 10.2 Å². The monoisotopic (exact) mass is 332 g/mol. The van der Waals surface area contributed by atoms with Gasteiger partial charge in [-0.2, -0.15) is 0 Å². The Bertz CT molecular complexity index is 507. The van der Waals surface area contributed by atoms with Crippen molar-refractivity contribution in [3.05, 3.63) is 41.5 Å². The van der Waals surface area contributed by atoms with Crippen molar-refractivity contribution in [3.63, 3.8) is 0 Å². The number of rotatable bonds is 7. The summed E-state index contributed by atoms with van der Waals surface area (Å²) in [6.07, 6.45) is 1.79. The molecule has 1 aromatic rings. The Labute approximate surface area is 148 Å². The van der Waals surface area contributed by atoms with Gasteiger partial charge in [-0.3, -0.25) is 0 Å². The Hall–Kier alpha value is -1.12. The molecule has 136 valence electrons. The zero-order valence-electron chi connectivity index (χ0n) is 16.7. The van der Waals surface area contributed by atoms with Crippen molar-refractivity contribution < 1.29 is 10.2 Å². The Balaban J connectivity index is 3.72. The predicted molar refractivity (Wildman–Crippen MR) is 104 cm³/mol. The molecule has 0 bridgehead atoms. The van der Waals surface area contributed by atoms with Crippen molar-refractivity contribution in [1.82, 2.24) is 0 Å². The van der Waals surface area contributed by atoms with Crippen molar-refractivity contribution in [3.8, 4) is 0 Å². The fraction of sp³-hybridized carbons (Fsp3) is 0.636. The van der Waals surface area contributed by atoms with Crippen LogP contribution in [0.1, 0.15) is 72.1 Å². The maximum atomic E-state index is 11.4. The standard InChI is InChI=1S/C22H36O2/c1-10-18-11-19(21(23,14(2)3)15(4)5)13-20(12-18)22(24,16(6)7)17(8)9/h10-17,23-24H,1H2,2-9H3. The lowest BCUT2D eigenvalue weighted by Gasteiger charge is -2.40. The first-order valence-corrected chi connectivity index (χ1v) is 9.15. The average Bonchev–Trinajstić information content (AvgIpc) is 2.51. The topological polar surface area (TPSA) is 40.5 Å². The summed E-state index contributed by atoms with van der Waals surface area (Å²) >= 11 is 0. The largest absolute Gasteiger partial charge is 0.385 e. The minimum atomic E-state index is -0.942. The summed E-state index contributed by atoms with van der Waals surface area (Å²) in [5, 5.41) is 22.8. The summed E-state index contributed by atoms with van der Waals surface area (Å²) < 4.78 is 0. The molecule has 1 rings (SSSR count). The van der Waals surface area contributed by atoms with E-state index in [1.54, 1.807) is 6.08 Å². The van der Waals surface area contributed by atoms with Gasteiger partial charge in [0.1, 0.15) is 0 Å². The van der Waals surface area contributed by atoms with E-state index in [1.165, 1.54) is 0 Å². The minimum absolute atomic E-state index is 0.0663. The first-order chi connectivity index (χ1) is 10.9. The molecular formula is C22H36O2. The molecule has 0 radical (unpaired) electrons. The molecule has 0 spiro atoms. The molecule has 0 saturated carbocycles. The second kappa shape index (κ2) is 7.41. The Morgan fingerprint density at radius 1 is 0.708 bits per heavy atom. The van der Waals surface area contributed by atoms with Gasteiger partial charge in [0.05, 0.1) is 11.2 Å². The van der Waals surface area contributed by atoms with Gasteiger partial charge in [-0.1, -0.05) is 68.0 Å². The van der Waals surface area contributed by atoms with Crippen LogP contribution in [0.25, 0.3) is 6.08 Å². The van der Waals surface area contributed by atoms with E-state index in [1.807, 2.05) is 73.6 Å². The van der Waals surface area contributed by atoms with E-state index in [2.05, 4.69) is 6.58 Å². The van der Waals surface area contributed by atoms with E-state index >= 15 is 0 Å². The van der Waals surface area contributed by atoms with Crippen LogP contribution in [-0.4, -0.2) is 10.2 Å². The van der Waals surface area contributed by atoms with Crippen LogP contribution < -0.4 is 0 Å². The first kappa shape index (κ1) is 20.9. The molecule has 0 fully saturated rings. The second-order valence-electron chi connectivity index (χ2n) is 8.32. The van der Waals surface area contributed by atoms with Crippen molar-refractivity contribution >= 4 is 6.08 Å². The molecular weight excluding hydrogens is 296 g/mol. The van der Waals surface area contributed by atoms with E-state index < -0.39 is 11.2 Å². The molecule has 0 amide bonds. The fourth-order valence-corrected chi connectivity index (χ4v) is 3.90. The molecule has 2 nitrogen and oxygen atoms in total. The molecule has 0 saturated heterocycles. The number of benzene rings is 1. The van der Waals surface area contributed by atoms with Crippen molar-refractivity contribution in [2.24, 2.45) is 23.7 Å². The molecule has 24 heavy (non-hydrogen) atoms. The normalized spacial score (nSPS) is 13.4. The molecule has 0 aliphatic rings. The van der Waals surface area contributed by atoms with Crippen LogP contribution in [0.5, 0.6) is 0 Å². The highest BCUT2D eigenvalue weighted by Gasteiger charge is 2.40. The maximum absolute atomic E-state index is 11.4. The zero-order valence-corrected chi connectivity index (χ0v) is 16.7. The molecule has 1 aromatic carbocycles. The van der Waals surface area contributed by atoms with Crippen LogP contribution in [0.2, 0.25) is 0 Å². The Morgan fingerprint density at radius 2 is 1.00 bits per heavy atom. The number of aliphatic hydroxyl groups is 2. The van der Waals surface area contributed by atoms with Crippen molar-refractivity contribution in [2.45, 2.75) is 66.6 Å². The summed E-state index contributed by atoms with van der Waals surface area (Å²) in [5.74, 6) is 0.265. The summed E-state index contributed by atoms with van der Waals surface area (Å²) in [5.41, 5.74) is 0.770. The first-order valence-electron chi connectivity index (χ1n) is 9.15.